The monoisotopic (exact) mass is 440 g/mol. The summed E-state index contributed by atoms with van der Waals surface area (Å²) in [6.45, 7) is 2.08. The second-order valence-corrected chi connectivity index (χ2v) is 9.02. The van der Waals surface area contributed by atoms with Gasteiger partial charge in [-0.25, -0.2) is 0 Å². The molecule has 0 atom stereocenters. The maximum atomic E-state index is 11.9. The van der Waals surface area contributed by atoms with E-state index in [2.05, 4.69) is 0 Å². The molecule has 6 nitrogen and oxygen atoms in total. The standard InChI is InChI=1S/C18H32O6S3/c1-5-18(12-22-15(19)6-9-25-2,13-23-16(20)7-10-26-3)14-24-17(21)8-11-27-4/h5-14H2,1-4H3. The molecule has 0 aromatic carbocycles. The summed E-state index contributed by atoms with van der Waals surface area (Å²) >= 11 is 4.71. The van der Waals surface area contributed by atoms with Crippen molar-refractivity contribution in [1.82, 2.24) is 0 Å². The third-order valence-corrected chi connectivity index (χ3v) is 5.74. The molecule has 0 aliphatic heterocycles. The molecule has 27 heavy (non-hydrogen) atoms. The summed E-state index contributed by atoms with van der Waals surface area (Å²) in [5.41, 5.74) is -0.723. The first-order valence-electron chi connectivity index (χ1n) is 8.86. The van der Waals surface area contributed by atoms with Gasteiger partial charge < -0.3 is 14.2 Å². The Hall–Kier alpha value is -0.540. The summed E-state index contributed by atoms with van der Waals surface area (Å²) in [4.78, 5) is 35.6. The highest BCUT2D eigenvalue weighted by Crippen LogP contribution is 2.25. The van der Waals surface area contributed by atoms with Crippen molar-refractivity contribution in [3.63, 3.8) is 0 Å². The summed E-state index contributed by atoms with van der Waals surface area (Å²) in [6.07, 6.45) is 7.28. The zero-order valence-electron chi connectivity index (χ0n) is 16.7. The number of ether oxygens (including phenoxy) is 3. The Morgan fingerprint density at radius 2 is 0.963 bits per heavy atom. The Labute approximate surface area is 175 Å². The quantitative estimate of drug-likeness (QED) is 0.265. The van der Waals surface area contributed by atoms with Crippen LogP contribution in [0.1, 0.15) is 32.6 Å². The first-order valence-corrected chi connectivity index (χ1v) is 13.0. The minimum Gasteiger partial charge on any atom is -0.465 e. The predicted molar refractivity (Wildman–Crippen MR) is 115 cm³/mol. The van der Waals surface area contributed by atoms with E-state index in [1.165, 1.54) is 0 Å². The fourth-order valence-corrected chi connectivity index (χ4v) is 3.02. The zero-order chi connectivity index (χ0) is 20.5. The Kier molecular flexibility index (Phi) is 16.1. The molecule has 0 spiro atoms. The van der Waals surface area contributed by atoms with Gasteiger partial charge in [0.15, 0.2) is 0 Å². The number of hydrogen-bond donors (Lipinski definition) is 0. The molecular weight excluding hydrogens is 408 g/mol. The lowest BCUT2D eigenvalue weighted by Crippen LogP contribution is -2.39. The molecule has 158 valence electrons. The third-order valence-electron chi connectivity index (χ3n) is 3.90. The minimum absolute atomic E-state index is 0.0579. The number of carbonyl (C=O) groups excluding carboxylic acids is 3. The van der Waals surface area contributed by atoms with Crippen LogP contribution in [0, 0.1) is 5.41 Å². The highest BCUT2D eigenvalue weighted by molar-refractivity contribution is 7.99. The highest BCUT2D eigenvalue weighted by atomic mass is 32.2. The van der Waals surface area contributed by atoms with Crippen LogP contribution in [-0.2, 0) is 28.6 Å². The third kappa shape index (κ3) is 13.3. The maximum absolute atomic E-state index is 11.9. The molecule has 0 aromatic rings. The van der Waals surface area contributed by atoms with Crippen LogP contribution in [0.5, 0.6) is 0 Å². The largest absolute Gasteiger partial charge is 0.465 e. The van der Waals surface area contributed by atoms with Crippen molar-refractivity contribution >= 4 is 53.2 Å². The van der Waals surface area contributed by atoms with E-state index in [0.717, 1.165) is 0 Å². The van der Waals surface area contributed by atoms with E-state index in [1.54, 1.807) is 35.3 Å². The first-order chi connectivity index (χ1) is 12.9. The van der Waals surface area contributed by atoms with Crippen molar-refractivity contribution in [1.29, 1.82) is 0 Å². The molecule has 0 aliphatic carbocycles. The van der Waals surface area contributed by atoms with Crippen LogP contribution in [0.3, 0.4) is 0 Å². The molecule has 0 saturated heterocycles. The maximum Gasteiger partial charge on any atom is 0.306 e. The second kappa shape index (κ2) is 16.4. The van der Waals surface area contributed by atoms with E-state index in [0.29, 0.717) is 42.9 Å². The van der Waals surface area contributed by atoms with Crippen LogP contribution >= 0.6 is 35.3 Å². The number of esters is 3. The molecule has 0 unspecified atom stereocenters. The van der Waals surface area contributed by atoms with Crippen molar-refractivity contribution in [2.45, 2.75) is 32.6 Å². The van der Waals surface area contributed by atoms with E-state index < -0.39 is 5.41 Å². The Morgan fingerprint density at radius 1 is 0.667 bits per heavy atom. The predicted octanol–water partition coefficient (Wildman–Crippen LogP) is 3.27. The SMILES string of the molecule is CCC(COC(=O)CCSC)(COC(=O)CCSC)COC(=O)CCSC. The summed E-state index contributed by atoms with van der Waals surface area (Å²) in [5, 5.41) is 0. The van der Waals surface area contributed by atoms with E-state index in [4.69, 9.17) is 14.2 Å². The second-order valence-electron chi connectivity index (χ2n) is 6.06. The van der Waals surface area contributed by atoms with E-state index >= 15 is 0 Å². The Bertz CT molecular complexity index is 385. The Balaban J connectivity index is 4.82. The number of hydrogen-bond acceptors (Lipinski definition) is 9. The van der Waals surface area contributed by atoms with E-state index in [1.807, 2.05) is 25.7 Å². The van der Waals surface area contributed by atoms with Crippen molar-refractivity contribution < 1.29 is 28.6 Å². The molecule has 0 rings (SSSR count). The summed E-state index contributed by atoms with van der Waals surface area (Å²) in [5.74, 6) is 1.15. The van der Waals surface area contributed by atoms with Gasteiger partial charge in [-0.05, 0) is 25.2 Å². The lowest BCUT2D eigenvalue weighted by molar-refractivity contribution is -0.161. The fourth-order valence-electron chi connectivity index (χ4n) is 1.90. The van der Waals surface area contributed by atoms with Gasteiger partial charge in [0.05, 0.1) is 24.7 Å². The molecule has 0 N–H and O–H groups in total. The summed E-state index contributed by atoms with van der Waals surface area (Å²) < 4.78 is 16.2. The normalized spacial score (nSPS) is 11.1. The molecule has 0 heterocycles. The van der Waals surface area contributed by atoms with Crippen LogP contribution < -0.4 is 0 Å². The van der Waals surface area contributed by atoms with Crippen LogP contribution in [0.2, 0.25) is 0 Å². The van der Waals surface area contributed by atoms with Crippen molar-refractivity contribution in [2.24, 2.45) is 5.41 Å². The first kappa shape index (κ1) is 26.5. The van der Waals surface area contributed by atoms with Gasteiger partial charge in [-0.15, -0.1) is 0 Å². The molecule has 0 radical (unpaired) electrons. The van der Waals surface area contributed by atoms with E-state index in [-0.39, 0.29) is 37.7 Å². The smallest absolute Gasteiger partial charge is 0.306 e. The molecule has 0 aromatic heterocycles. The van der Waals surface area contributed by atoms with Gasteiger partial charge in [0.2, 0.25) is 0 Å². The van der Waals surface area contributed by atoms with Gasteiger partial charge in [0, 0.05) is 17.3 Å². The molecular formula is C18H32O6S3. The van der Waals surface area contributed by atoms with Crippen LogP contribution in [0.4, 0.5) is 0 Å². The summed E-state index contributed by atoms with van der Waals surface area (Å²) in [6, 6.07) is 0. The van der Waals surface area contributed by atoms with Gasteiger partial charge in [-0.2, -0.15) is 35.3 Å². The number of carbonyl (C=O) groups is 3. The molecule has 0 fully saturated rings. The average molecular weight is 441 g/mol. The lowest BCUT2D eigenvalue weighted by Gasteiger charge is -2.31. The van der Waals surface area contributed by atoms with E-state index in [9.17, 15) is 14.4 Å². The van der Waals surface area contributed by atoms with Crippen molar-refractivity contribution in [3.8, 4) is 0 Å². The van der Waals surface area contributed by atoms with Gasteiger partial charge in [0.25, 0.3) is 0 Å². The lowest BCUT2D eigenvalue weighted by atomic mass is 9.88. The average Bonchev–Trinajstić information content (AvgIpc) is 2.68. The Morgan fingerprint density at radius 3 is 1.19 bits per heavy atom. The molecule has 0 aliphatic rings. The van der Waals surface area contributed by atoms with Crippen molar-refractivity contribution in [3.05, 3.63) is 0 Å². The molecule has 9 heteroatoms. The minimum atomic E-state index is -0.723. The van der Waals surface area contributed by atoms with Gasteiger partial charge in [0.1, 0.15) is 19.8 Å². The fraction of sp³-hybridized carbons (Fsp3) is 0.833. The van der Waals surface area contributed by atoms with Gasteiger partial charge in [-0.1, -0.05) is 6.92 Å². The summed E-state index contributed by atoms with van der Waals surface area (Å²) in [7, 11) is 0. The zero-order valence-corrected chi connectivity index (χ0v) is 19.2. The van der Waals surface area contributed by atoms with Crippen LogP contribution in [0.25, 0.3) is 0 Å². The van der Waals surface area contributed by atoms with Crippen molar-refractivity contribution in [2.75, 3.05) is 55.8 Å². The van der Waals surface area contributed by atoms with Gasteiger partial charge >= 0.3 is 17.9 Å². The number of thioether (sulfide) groups is 3. The highest BCUT2D eigenvalue weighted by Gasteiger charge is 2.34. The van der Waals surface area contributed by atoms with Crippen LogP contribution in [0.15, 0.2) is 0 Å². The van der Waals surface area contributed by atoms with Gasteiger partial charge in [-0.3, -0.25) is 14.4 Å². The number of rotatable bonds is 16. The molecule has 0 saturated carbocycles. The molecule has 0 bridgehead atoms. The van der Waals surface area contributed by atoms with Crippen LogP contribution in [-0.4, -0.2) is 73.8 Å². The topological polar surface area (TPSA) is 78.9 Å². The molecule has 0 amide bonds.